The Bertz CT molecular complexity index is 1770. The van der Waals surface area contributed by atoms with E-state index < -0.39 is 0 Å². The van der Waals surface area contributed by atoms with E-state index in [0.717, 1.165) is 40.5 Å². The van der Waals surface area contributed by atoms with Gasteiger partial charge >= 0.3 is 0 Å². The summed E-state index contributed by atoms with van der Waals surface area (Å²) < 4.78 is 13.4. The third-order valence-electron chi connectivity index (χ3n) is 10.4. The lowest BCUT2D eigenvalue weighted by molar-refractivity contribution is -0.118. The number of anilines is 1. The average Bonchev–Trinajstić information content (AvgIpc) is 3.40. The number of aryl methyl sites for hydroxylation is 2. The molecule has 2 N–H and O–H groups in total. The maximum Gasteiger partial charge on any atom is 0.271 e. The highest BCUT2D eigenvalue weighted by Gasteiger charge is 2.51. The van der Waals surface area contributed by atoms with Crippen molar-refractivity contribution in [3.05, 3.63) is 107 Å². The Morgan fingerprint density at radius 2 is 1.55 bits per heavy atom. The maximum atomic E-state index is 12.8. The zero-order chi connectivity index (χ0) is 32.5. The lowest BCUT2D eigenvalue weighted by atomic mass is 9.48. The van der Waals surface area contributed by atoms with E-state index in [9.17, 15) is 9.59 Å². The second kappa shape index (κ2) is 12.7. The van der Waals surface area contributed by atoms with E-state index in [2.05, 4.69) is 32.5 Å². The van der Waals surface area contributed by atoms with Crippen molar-refractivity contribution < 1.29 is 19.1 Å². The van der Waals surface area contributed by atoms with Crippen LogP contribution in [0.5, 0.6) is 11.5 Å². The Balaban J connectivity index is 0.922. The largest absolute Gasteiger partial charge is 0.493 e. The van der Waals surface area contributed by atoms with Crippen LogP contribution in [0.4, 0.5) is 5.69 Å². The lowest BCUT2D eigenvalue weighted by Gasteiger charge is -2.57. The molecule has 4 aromatic rings. The Labute approximate surface area is 276 Å². The van der Waals surface area contributed by atoms with E-state index in [1.165, 1.54) is 57.4 Å². The topological polar surface area (TPSA) is 93.9 Å². The number of carbonyl (C=O) groups excluding carboxylic acids is 2. The van der Waals surface area contributed by atoms with Gasteiger partial charge in [-0.1, -0.05) is 18.2 Å². The first-order chi connectivity index (χ1) is 22.8. The quantitative estimate of drug-likeness (QED) is 0.142. The molecule has 0 saturated heterocycles. The van der Waals surface area contributed by atoms with E-state index in [1.807, 2.05) is 56.3 Å². The van der Waals surface area contributed by atoms with Crippen LogP contribution >= 0.6 is 0 Å². The number of nitrogens with zero attached hydrogens (tertiary/aromatic N) is 2. The zero-order valence-electron chi connectivity index (χ0n) is 27.3. The van der Waals surface area contributed by atoms with Crippen LogP contribution < -0.4 is 20.2 Å². The predicted molar refractivity (Wildman–Crippen MR) is 184 cm³/mol. The number of methoxy groups -OCH3 is 1. The van der Waals surface area contributed by atoms with E-state index in [0.29, 0.717) is 28.0 Å². The van der Waals surface area contributed by atoms with Gasteiger partial charge in [-0.25, -0.2) is 5.43 Å². The molecule has 4 bridgehead atoms. The Kier molecular flexibility index (Phi) is 8.35. The van der Waals surface area contributed by atoms with Crippen molar-refractivity contribution in [2.24, 2.45) is 22.9 Å². The molecule has 47 heavy (non-hydrogen) atoms. The molecule has 0 spiro atoms. The van der Waals surface area contributed by atoms with Crippen LogP contribution in [0.15, 0.2) is 84.0 Å². The fraction of sp³-hybridized carbons (Fsp3) is 0.359. The van der Waals surface area contributed by atoms with Gasteiger partial charge in [-0.3, -0.25) is 9.59 Å². The normalized spacial score (nSPS) is 22.7. The summed E-state index contributed by atoms with van der Waals surface area (Å²) in [6.45, 7) is 3.91. The van der Waals surface area contributed by atoms with Gasteiger partial charge in [0.1, 0.15) is 0 Å². The molecule has 0 unspecified atom stereocenters. The SMILES string of the molecule is COc1cc(/C=N\NC(=O)c2cccc(-n3c(C)ccc3C)c2)ccc1OCC(=O)Nc1ccc(C23CC4CC(CC(C4)C2)C3)cc1. The smallest absolute Gasteiger partial charge is 0.271 e. The van der Waals surface area contributed by atoms with Gasteiger partial charge in [-0.2, -0.15) is 5.10 Å². The second-order valence-electron chi connectivity index (χ2n) is 13.7. The van der Waals surface area contributed by atoms with E-state index in [4.69, 9.17) is 9.47 Å². The molecule has 242 valence electrons. The first-order valence-electron chi connectivity index (χ1n) is 16.6. The van der Waals surface area contributed by atoms with Crippen LogP contribution in [-0.4, -0.2) is 36.3 Å². The minimum absolute atomic E-state index is 0.155. The molecule has 8 heteroatoms. The van der Waals surface area contributed by atoms with Crippen LogP contribution in [0.25, 0.3) is 5.69 Å². The average molecular weight is 631 g/mol. The van der Waals surface area contributed by atoms with Gasteiger partial charge in [0, 0.05) is 28.3 Å². The summed E-state index contributed by atoms with van der Waals surface area (Å²) in [6, 6.07) is 25.3. The third-order valence-corrected chi connectivity index (χ3v) is 10.4. The fourth-order valence-electron chi connectivity index (χ4n) is 8.69. The number of hydrogen-bond acceptors (Lipinski definition) is 5. The standard InChI is InChI=1S/C39H42N4O4/c1-25-7-8-26(2)43(25)34-6-4-5-31(19-34)38(45)42-40-23-27-9-14-35(36(18-27)46-3)47-24-37(44)41-33-12-10-32(11-13-33)39-20-28-15-29(21-39)17-30(16-28)22-39/h4-14,18-19,23,28-30H,15-17,20-22,24H2,1-3H3,(H,41,44)(H,42,45)/b40-23-. The summed E-state index contributed by atoms with van der Waals surface area (Å²) in [5.74, 6) is 3.03. The first kappa shape index (κ1) is 30.8. The Morgan fingerprint density at radius 3 is 2.21 bits per heavy atom. The zero-order valence-corrected chi connectivity index (χ0v) is 27.3. The summed E-state index contributed by atoms with van der Waals surface area (Å²) in [5, 5.41) is 7.10. The summed E-state index contributed by atoms with van der Waals surface area (Å²) >= 11 is 0. The molecule has 8 rings (SSSR count). The number of rotatable bonds is 10. The number of hydrazone groups is 1. The molecule has 2 amide bonds. The molecule has 0 radical (unpaired) electrons. The molecule has 1 heterocycles. The third kappa shape index (κ3) is 6.42. The number of nitrogens with one attached hydrogen (secondary N) is 2. The molecule has 4 saturated carbocycles. The Morgan fingerprint density at radius 1 is 0.872 bits per heavy atom. The van der Waals surface area contributed by atoms with Crippen molar-refractivity contribution in [3.8, 4) is 17.2 Å². The van der Waals surface area contributed by atoms with Crippen molar-refractivity contribution in [3.63, 3.8) is 0 Å². The highest BCUT2D eigenvalue weighted by Crippen LogP contribution is 2.60. The van der Waals surface area contributed by atoms with E-state index >= 15 is 0 Å². The number of ether oxygens (including phenoxy) is 2. The van der Waals surface area contributed by atoms with Crippen LogP contribution in [-0.2, 0) is 10.2 Å². The molecule has 1 aromatic heterocycles. The molecule has 0 aliphatic heterocycles. The van der Waals surface area contributed by atoms with Gasteiger partial charge in [-0.15, -0.1) is 0 Å². The van der Waals surface area contributed by atoms with Crippen LogP contribution in [0.3, 0.4) is 0 Å². The minimum atomic E-state index is -0.314. The molecule has 4 aliphatic carbocycles. The van der Waals surface area contributed by atoms with Gasteiger partial charge in [0.15, 0.2) is 18.1 Å². The van der Waals surface area contributed by atoms with Gasteiger partial charge < -0.3 is 19.4 Å². The monoisotopic (exact) mass is 630 g/mol. The molecular weight excluding hydrogens is 588 g/mol. The van der Waals surface area contributed by atoms with Gasteiger partial charge in [0.05, 0.1) is 13.3 Å². The highest BCUT2D eigenvalue weighted by molar-refractivity contribution is 5.95. The number of hydrogen-bond donors (Lipinski definition) is 2. The Hall–Kier alpha value is -4.85. The summed E-state index contributed by atoms with van der Waals surface area (Å²) in [7, 11) is 1.54. The molecule has 4 fully saturated rings. The molecule has 0 atom stereocenters. The van der Waals surface area contributed by atoms with Crippen molar-refractivity contribution >= 4 is 23.7 Å². The molecule has 8 nitrogen and oxygen atoms in total. The summed E-state index contributed by atoms with van der Waals surface area (Å²) in [4.78, 5) is 25.6. The van der Waals surface area contributed by atoms with Gasteiger partial charge in [0.25, 0.3) is 11.8 Å². The minimum Gasteiger partial charge on any atom is -0.493 e. The van der Waals surface area contributed by atoms with Crippen molar-refractivity contribution in [1.29, 1.82) is 0 Å². The number of carbonyl (C=O) groups is 2. The van der Waals surface area contributed by atoms with Gasteiger partial charge in [0.2, 0.25) is 0 Å². The van der Waals surface area contributed by atoms with Crippen molar-refractivity contribution in [2.45, 2.75) is 57.8 Å². The highest BCUT2D eigenvalue weighted by atomic mass is 16.5. The van der Waals surface area contributed by atoms with Crippen LogP contribution in [0.1, 0.15) is 71.4 Å². The number of aromatic nitrogens is 1. The van der Waals surface area contributed by atoms with Crippen LogP contribution in [0.2, 0.25) is 0 Å². The molecule has 3 aromatic carbocycles. The fourth-order valence-corrected chi connectivity index (χ4v) is 8.69. The first-order valence-corrected chi connectivity index (χ1v) is 16.6. The van der Waals surface area contributed by atoms with Crippen molar-refractivity contribution in [2.75, 3.05) is 19.0 Å². The number of benzene rings is 3. The molecular formula is C39H42N4O4. The number of amides is 2. The van der Waals surface area contributed by atoms with Crippen LogP contribution in [0, 0.1) is 31.6 Å². The lowest BCUT2D eigenvalue weighted by Crippen LogP contribution is -2.48. The van der Waals surface area contributed by atoms with Gasteiger partial charge in [-0.05, 0) is 147 Å². The van der Waals surface area contributed by atoms with E-state index in [-0.39, 0.29) is 18.4 Å². The summed E-state index contributed by atoms with van der Waals surface area (Å²) in [5.41, 5.74) is 9.46. The maximum absolute atomic E-state index is 12.8. The molecule has 4 aliphatic rings. The van der Waals surface area contributed by atoms with Crippen molar-refractivity contribution in [1.82, 2.24) is 9.99 Å². The van der Waals surface area contributed by atoms with E-state index in [1.54, 1.807) is 24.3 Å². The summed E-state index contributed by atoms with van der Waals surface area (Å²) in [6.07, 6.45) is 9.79. The second-order valence-corrected chi connectivity index (χ2v) is 13.7. The predicted octanol–water partition coefficient (Wildman–Crippen LogP) is 7.35.